The van der Waals surface area contributed by atoms with Crippen LogP contribution in [0.25, 0.3) is 0 Å². The molecule has 7 heteroatoms. The van der Waals surface area contributed by atoms with Crippen LogP contribution in [-0.2, 0) is 11.0 Å². The van der Waals surface area contributed by atoms with E-state index in [1.54, 1.807) is 20.8 Å². The molecular weight excluding hydrogens is 337 g/mol. The Balaban J connectivity index is 2.98. The molecule has 1 rings (SSSR count). The average molecular weight is 353 g/mol. The van der Waals surface area contributed by atoms with E-state index in [0.29, 0.717) is 0 Å². The maximum absolute atomic E-state index is 12.7. The van der Waals surface area contributed by atoms with Gasteiger partial charge in [0.05, 0.1) is 11.6 Å². The summed E-state index contributed by atoms with van der Waals surface area (Å²) >= 11 is 2.84. The first-order valence-corrected chi connectivity index (χ1v) is 6.65. The third-order valence-electron chi connectivity index (χ3n) is 2.75. The molecule has 0 fully saturated rings. The number of anilines is 1. The average Bonchev–Trinajstić information content (AvgIpc) is 2.27. The molecular formula is C13H16BrF3N2O. The van der Waals surface area contributed by atoms with Crippen molar-refractivity contribution in [2.24, 2.45) is 11.1 Å². The molecule has 0 bridgehead atoms. The Hall–Kier alpha value is -1.08. The number of nitrogens with two attached hydrogens (primary N) is 1. The van der Waals surface area contributed by atoms with E-state index in [1.165, 1.54) is 12.1 Å². The van der Waals surface area contributed by atoms with Crippen LogP contribution >= 0.6 is 15.9 Å². The molecule has 20 heavy (non-hydrogen) atoms. The predicted molar refractivity (Wildman–Crippen MR) is 75.2 cm³/mol. The summed E-state index contributed by atoms with van der Waals surface area (Å²) in [7, 11) is 0. The van der Waals surface area contributed by atoms with Gasteiger partial charge in [-0.1, -0.05) is 36.7 Å². The summed E-state index contributed by atoms with van der Waals surface area (Å²) in [5.41, 5.74) is 4.49. The second kappa shape index (κ2) is 5.73. The molecule has 0 spiro atoms. The lowest BCUT2D eigenvalue weighted by Gasteiger charge is -2.26. The van der Waals surface area contributed by atoms with Crippen molar-refractivity contribution in [1.82, 2.24) is 0 Å². The van der Waals surface area contributed by atoms with Crippen molar-refractivity contribution in [2.45, 2.75) is 33.0 Å². The van der Waals surface area contributed by atoms with Crippen LogP contribution in [0.2, 0.25) is 0 Å². The van der Waals surface area contributed by atoms with Crippen LogP contribution in [-0.4, -0.2) is 11.9 Å². The summed E-state index contributed by atoms with van der Waals surface area (Å²) in [5, 5.41) is 2.40. The van der Waals surface area contributed by atoms with Crippen molar-refractivity contribution in [2.75, 3.05) is 5.32 Å². The Morgan fingerprint density at radius 1 is 1.30 bits per heavy atom. The summed E-state index contributed by atoms with van der Waals surface area (Å²) in [6.07, 6.45) is -4.49. The summed E-state index contributed by atoms with van der Waals surface area (Å²) in [5.74, 6) is -0.520. The highest BCUT2D eigenvalue weighted by Gasteiger charge is 2.33. The SMILES string of the molecule is CC(C)(C)C(N)C(=O)Nc1ccc(Br)c(C(F)(F)F)c1. The summed E-state index contributed by atoms with van der Waals surface area (Å²) in [4.78, 5) is 11.9. The van der Waals surface area contributed by atoms with Crippen molar-refractivity contribution in [1.29, 1.82) is 0 Å². The smallest absolute Gasteiger partial charge is 0.325 e. The fourth-order valence-corrected chi connectivity index (χ4v) is 1.90. The molecule has 0 aliphatic rings. The number of benzene rings is 1. The van der Waals surface area contributed by atoms with Crippen LogP contribution in [0, 0.1) is 5.41 Å². The van der Waals surface area contributed by atoms with Gasteiger partial charge in [0.1, 0.15) is 0 Å². The van der Waals surface area contributed by atoms with E-state index in [-0.39, 0.29) is 10.2 Å². The standard InChI is InChI=1S/C13H16BrF3N2O/c1-12(2,3)10(18)11(20)19-7-4-5-9(14)8(6-7)13(15,16)17/h4-6,10H,18H2,1-3H3,(H,19,20). The van der Waals surface area contributed by atoms with Crippen molar-refractivity contribution in [3.05, 3.63) is 28.2 Å². The minimum atomic E-state index is -4.49. The van der Waals surface area contributed by atoms with Crippen LogP contribution in [0.15, 0.2) is 22.7 Å². The van der Waals surface area contributed by atoms with E-state index in [2.05, 4.69) is 21.2 Å². The number of carbonyl (C=O) groups is 1. The first-order valence-electron chi connectivity index (χ1n) is 5.86. The topological polar surface area (TPSA) is 55.1 Å². The van der Waals surface area contributed by atoms with Crippen molar-refractivity contribution < 1.29 is 18.0 Å². The Labute approximate surface area is 123 Å². The number of nitrogens with one attached hydrogen (secondary N) is 1. The molecule has 0 saturated carbocycles. The molecule has 1 unspecified atom stereocenters. The Morgan fingerprint density at radius 2 is 1.85 bits per heavy atom. The van der Waals surface area contributed by atoms with Gasteiger partial charge in [0.25, 0.3) is 0 Å². The molecule has 1 amide bonds. The normalized spacial score (nSPS) is 14.0. The molecule has 1 aromatic rings. The third kappa shape index (κ3) is 4.21. The van der Waals surface area contributed by atoms with E-state index >= 15 is 0 Å². The highest BCUT2D eigenvalue weighted by Crippen LogP contribution is 2.36. The molecule has 0 heterocycles. The van der Waals surface area contributed by atoms with Crippen LogP contribution in [0.5, 0.6) is 0 Å². The van der Waals surface area contributed by atoms with Gasteiger partial charge in [-0.05, 0) is 23.6 Å². The fraction of sp³-hybridized carbons (Fsp3) is 0.462. The molecule has 0 aliphatic heterocycles. The lowest BCUT2D eigenvalue weighted by Crippen LogP contribution is -2.45. The van der Waals surface area contributed by atoms with Gasteiger partial charge < -0.3 is 11.1 Å². The quantitative estimate of drug-likeness (QED) is 0.850. The summed E-state index contributed by atoms with van der Waals surface area (Å²) in [6, 6.07) is 2.67. The van der Waals surface area contributed by atoms with Crippen molar-refractivity contribution >= 4 is 27.5 Å². The zero-order chi connectivity index (χ0) is 15.7. The molecule has 3 N–H and O–H groups in total. The first kappa shape index (κ1) is 17.0. The lowest BCUT2D eigenvalue weighted by atomic mass is 9.87. The zero-order valence-electron chi connectivity index (χ0n) is 11.3. The van der Waals surface area contributed by atoms with Gasteiger partial charge >= 0.3 is 6.18 Å². The minimum Gasteiger partial charge on any atom is -0.325 e. The van der Waals surface area contributed by atoms with Crippen molar-refractivity contribution in [3.8, 4) is 0 Å². The lowest BCUT2D eigenvalue weighted by molar-refractivity contribution is -0.138. The number of halogens is 4. The van der Waals surface area contributed by atoms with E-state index < -0.39 is 29.1 Å². The van der Waals surface area contributed by atoms with Gasteiger partial charge in [-0.2, -0.15) is 13.2 Å². The molecule has 1 aromatic carbocycles. The zero-order valence-corrected chi connectivity index (χ0v) is 12.9. The molecule has 112 valence electrons. The highest BCUT2D eigenvalue weighted by molar-refractivity contribution is 9.10. The maximum Gasteiger partial charge on any atom is 0.417 e. The second-order valence-electron chi connectivity index (χ2n) is 5.53. The summed E-state index contributed by atoms with van der Waals surface area (Å²) < 4.78 is 38.2. The second-order valence-corrected chi connectivity index (χ2v) is 6.38. The Kier molecular flexibility index (Phi) is 4.86. The number of carbonyl (C=O) groups excluding carboxylic acids is 1. The third-order valence-corrected chi connectivity index (χ3v) is 3.45. The molecule has 3 nitrogen and oxygen atoms in total. The molecule has 0 aliphatic carbocycles. The number of rotatable bonds is 2. The molecule has 0 radical (unpaired) electrons. The van der Waals surface area contributed by atoms with Crippen LogP contribution in [0.3, 0.4) is 0 Å². The van der Waals surface area contributed by atoms with E-state index in [1.807, 2.05) is 0 Å². The van der Waals surface area contributed by atoms with Crippen LogP contribution in [0.1, 0.15) is 26.3 Å². The predicted octanol–water partition coefficient (Wildman–Crippen LogP) is 3.78. The minimum absolute atomic E-state index is 0.0604. The van der Waals surface area contributed by atoms with E-state index in [0.717, 1.165) is 6.07 Å². The number of hydrogen-bond donors (Lipinski definition) is 2. The van der Waals surface area contributed by atoms with Crippen LogP contribution in [0.4, 0.5) is 18.9 Å². The Morgan fingerprint density at radius 3 is 2.30 bits per heavy atom. The highest BCUT2D eigenvalue weighted by atomic mass is 79.9. The molecule has 1 atom stereocenters. The van der Waals surface area contributed by atoms with E-state index in [4.69, 9.17) is 5.73 Å². The van der Waals surface area contributed by atoms with Gasteiger partial charge in [0, 0.05) is 10.2 Å². The molecule has 0 saturated heterocycles. The molecule has 0 aromatic heterocycles. The number of alkyl halides is 3. The van der Waals surface area contributed by atoms with Crippen molar-refractivity contribution in [3.63, 3.8) is 0 Å². The summed E-state index contributed by atoms with van der Waals surface area (Å²) in [6.45, 7) is 5.33. The van der Waals surface area contributed by atoms with Gasteiger partial charge in [-0.25, -0.2) is 0 Å². The Bertz CT molecular complexity index is 509. The number of amides is 1. The van der Waals surface area contributed by atoms with Gasteiger partial charge in [0.15, 0.2) is 0 Å². The largest absolute Gasteiger partial charge is 0.417 e. The number of hydrogen-bond acceptors (Lipinski definition) is 2. The maximum atomic E-state index is 12.7. The van der Waals surface area contributed by atoms with Gasteiger partial charge in [-0.15, -0.1) is 0 Å². The monoisotopic (exact) mass is 352 g/mol. The fourth-order valence-electron chi connectivity index (χ4n) is 1.43. The van der Waals surface area contributed by atoms with Gasteiger partial charge in [0.2, 0.25) is 5.91 Å². The van der Waals surface area contributed by atoms with Crippen LogP contribution < -0.4 is 11.1 Å². The van der Waals surface area contributed by atoms with Gasteiger partial charge in [-0.3, -0.25) is 4.79 Å². The first-order chi connectivity index (χ1) is 8.93. The van der Waals surface area contributed by atoms with E-state index in [9.17, 15) is 18.0 Å².